The molecular weight excluding hydrogens is 262 g/mol. The lowest BCUT2D eigenvalue weighted by Crippen LogP contribution is -2.31. The highest BCUT2D eigenvalue weighted by Gasteiger charge is 2.36. The number of carboxylic acid groups (broad SMARTS) is 1. The maximum Gasteiger partial charge on any atom is 0.323 e. The van der Waals surface area contributed by atoms with Crippen LogP contribution in [0, 0.1) is 0 Å². The summed E-state index contributed by atoms with van der Waals surface area (Å²) >= 11 is 0. The quantitative estimate of drug-likeness (QED) is 0.742. The molecule has 1 aromatic carbocycles. The summed E-state index contributed by atoms with van der Waals surface area (Å²) in [6, 6.07) is 6.87. The van der Waals surface area contributed by atoms with Crippen molar-refractivity contribution in [2.75, 3.05) is 11.4 Å². The second-order valence-electron chi connectivity index (χ2n) is 4.52. The number of para-hydroxylation sites is 1. The van der Waals surface area contributed by atoms with Crippen LogP contribution in [-0.2, 0) is 4.79 Å². The monoisotopic (exact) mass is 273 g/mol. The molecule has 0 aliphatic carbocycles. The largest absolute Gasteiger partial charge is 0.481 e. The van der Waals surface area contributed by atoms with Gasteiger partial charge in [0.1, 0.15) is 11.6 Å². The van der Waals surface area contributed by atoms with Crippen molar-refractivity contribution in [2.45, 2.75) is 5.92 Å². The fourth-order valence-electron chi connectivity index (χ4n) is 2.40. The third kappa shape index (κ3) is 1.80. The topological polar surface area (TPSA) is 106 Å². The summed E-state index contributed by atoms with van der Waals surface area (Å²) in [7, 11) is 0. The van der Waals surface area contributed by atoms with Crippen LogP contribution in [0.5, 0.6) is 0 Å². The van der Waals surface area contributed by atoms with E-state index < -0.39 is 23.5 Å². The summed E-state index contributed by atoms with van der Waals surface area (Å²) in [6.45, 7) is 0.0563. The molecule has 0 radical (unpaired) electrons. The first kappa shape index (κ1) is 12.2. The zero-order valence-electron chi connectivity index (χ0n) is 10.3. The molecule has 7 heteroatoms. The average molecular weight is 273 g/mol. The van der Waals surface area contributed by atoms with Crippen LogP contribution in [-0.4, -0.2) is 33.5 Å². The van der Waals surface area contributed by atoms with Crippen molar-refractivity contribution in [3.63, 3.8) is 0 Å². The molecule has 2 heterocycles. The van der Waals surface area contributed by atoms with Gasteiger partial charge < -0.3 is 20.0 Å². The Labute approximate surface area is 112 Å². The van der Waals surface area contributed by atoms with Crippen molar-refractivity contribution < 1.29 is 14.7 Å². The Kier molecular flexibility index (Phi) is 2.67. The first-order valence-electron chi connectivity index (χ1n) is 5.99. The molecular formula is C13H11N3O4. The minimum Gasteiger partial charge on any atom is -0.481 e. The maximum absolute atomic E-state index is 12.3. The number of imidazole rings is 1. The molecule has 0 saturated heterocycles. The summed E-state index contributed by atoms with van der Waals surface area (Å²) < 4.78 is 0. The zero-order valence-corrected chi connectivity index (χ0v) is 10.3. The van der Waals surface area contributed by atoms with Crippen molar-refractivity contribution >= 4 is 17.6 Å². The number of aromatic amines is 2. The Bertz CT molecular complexity index is 746. The number of H-pyrrole nitrogens is 2. The molecule has 3 rings (SSSR count). The van der Waals surface area contributed by atoms with Gasteiger partial charge >= 0.3 is 11.7 Å². The Hall–Kier alpha value is -2.83. The van der Waals surface area contributed by atoms with Gasteiger partial charge in [0, 0.05) is 18.4 Å². The first-order valence-corrected chi connectivity index (χ1v) is 5.99. The number of carboxylic acids is 1. The van der Waals surface area contributed by atoms with E-state index in [1.165, 1.54) is 11.1 Å². The Balaban J connectivity index is 2.02. The van der Waals surface area contributed by atoms with Crippen molar-refractivity contribution in [1.29, 1.82) is 0 Å². The molecule has 1 aromatic heterocycles. The standard InChI is InChI=1S/C13H11N3O4/c17-11(9-5-14-13(20)15-9)16-6-8(12(18)19)7-3-1-2-4-10(7)16/h1-5,8H,6H2,(H,18,19)(H2,14,15,20). The van der Waals surface area contributed by atoms with Crippen LogP contribution < -0.4 is 10.6 Å². The lowest BCUT2D eigenvalue weighted by molar-refractivity contribution is -0.138. The highest BCUT2D eigenvalue weighted by atomic mass is 16.4. The summed E-state index contributed by atoms with van der Waals surface area (Å²) in [5.41, 5.74) is 0.796. The van der Waals surface area contributed by atoms with Gasteiger partial charge in [-0.15, -0.1) is 0 Å². The molecule has 0 saturated carbocycles. The number of benzene rings is 1. The number of amides is 1. The molecule has 1 atom stereocenters. The Morgan fingerprint density at radius 2 is 2.05 bits per heavy atom. The number of hydrogen-bond acceptors (Lipinski definition) is 3. The van der Waals surface area contributed by atoms with E-state index in [9.17, 15) is 19.5 Å². The molecule has 0 fully saturated rings. The van der Waals surface area contributed by atoms with Gasteiger partial charge in [-0.3, -0.25) is 9.59 Å². The van der Waals surface area contributed by atoms with E-state index in [0.717, 1.165) is 0 Å². The minimum absolute atomic E-state index is 0.0563. The van der Waals surface area contributed by atoms with Gasteiger partial charge in [0.05, 0.1) is 0 Å². The van der Waals surface area contributed by atoms with E-state index in [2.05, 4.69) is 9.97 Å². The predicted octanol–water partition coefficient (Wildman–Crippen LogP) is 0.532. The molecule has 1 aliphatic heterocycles. The van der Waals surface area contributed by atoms with Gasteiger partial charge in [0.25, 0.3) is 5.91 Å². The van der Waals surface area contributed by atoms with Crippen LogP contribution in [0.4, 0.5) is 5.69 Å². The molecule has 102 valence electrons. The van der Waals surface area contributed by atoms with E-state index >= 15 is 0 Å². The Morgan fingerprint density at radius 3 is 2.70 bits per heavy atom. The van der Waals surface area contributed by atoms with E-state index in [-0.39, 0.29) is 12.2 Å². The number of nitrogens with one attached hydrogen (secondary N) is 2. The summed E-state index contributed by atoms with van der Waals surface area (Å²) in [5.74, 6) is -2.16. The fraction of sp³-hybridized carbons (Fsp3) is 0.154. The third-order valence-corrected chi connectivity index (χ3v) is 3.34. The third-order valence-electron chi connectivity index (χ3n) is 3.34. The van der Waals surface area contributed by atoms with E-state index in [0.29, 0.717) is 11.3 Å². The molecule has 3 N–H and O–H groups in total. The van der Waals surface area contributed by atoms with Gasteiger partial charge in [-0.1, -0.05) is 18.2 Å². The molecule has 20 heavy (non-hydrogen) atoms. The van der Waals surface area contributed by atoms with Crippen LogP contribution in [0.3, 0.4) is 0 Å². The van der Waals surface area contributed by atoms with Crippen LogP contribution in [0.15, 0.2) is 35.3 Å². The average Bonchev–Trinajstić information content (AvgIpc) is 3.02. The first-order chi connectivity index (χ1) is 9.58. The van der Waals surface area contributed by atoms with E-state index in [1.807, 2.05) is 0 Å². The normalized spacial score (nSPS) is 17.0. The summed E-state index contributed by atoms with van der Waals surface area (Å²) in [6.07, 6.45) is 1.28. The van der Waals surface area contributed by atoms with Crippen molar-refractivity contribution in [3.8, 4) is 0 Å². The number of carbonyl (C=O) groups excluding carboxylic acids is 1. The van der Waals surface area contributed by atoms with Crippen molar-refractivity contribution in [1.82, 2.24) is 9.97 Å². The lowest BCUT2D eigenvalue weighted by atomic mass is 10.0. The van der Waals surface area contributed by atoms with Crippen LogP contribution >= 0.6 is 0 Å². The number of aliphatic carboxylic acids is 1. The van der Waals surface area contributed by atoms with Crippen molar-refractivity contribution in [3.05, 3.63) is 52.2 Å². The number of fused-ring (bicyclic) bond motifs is 1. The van der Waals surface area contributed by atoms with E-state index in [1.54, 1.807) is 24.3 Å². The number of aromatic nitrogens is 2. The number of carbonyl (C=O) groups is 2. The number of nitrogens with zero attached hydrogens (tertiary/aromatic N) is 1. The number of anilines is 1. The zero-order chi connectivity index (χ0) is 14.3. The van der Waals surface area contributed by atoms with Gasteiger partial charge in [-0.2, -0.15) is 0 Å². The molecule has 1 unspecified atom stereocenters. The lowest BCUT2D eigenvalue weighted by Gasteiger charge is -2.16. The number of hydrogen-bond donors (Lipinski definition) is 3. The van der Waals surface area contributed by atoms with E-state index in [4.69, 9.17) is 0 Å². The molecule has 1 aliphatic rings. The highest BCUT2D eigenvalue weighted by molar-refractivity contribution is 6.07. The smallest absolute Gasteiger partial charge is 0.323 e. The van der Waals surface area contributed by atoms with Gasteiger partial charge in [0.15, 0.2) is 0 Å². The second-order valence-corrected chi connectivity index (χ2v) is 4.52. The van der Waals surface area contributed by atoms with Gasteiger partial charge in [0.2, 0.25) is 0 Å². The van der Waals surface area contributed by atoms with Gasteiger partial charge in [-0.05, 0) is 11.6 Å². The summed E-state index contributed by atoms with van der Waals surface area (Å²) in [5, 5.41) is 9.23. The van der Waals surface area contributed by atoms with Crippen molar-refractivity contribution in [2.24, 2.45) is 0 Å². The molecule has 0 bridgehead atoms. The second kappa shape index (κ2) is 4.37. The van der Waals surface area contributed by atoms with Gasteiger partial charge in [-0.25, -0.2) is 4.79 Å². The van der Waals surface area contributed by atoms with Crippen LogP contribution in [0.1, 0.15) is 22.0 Å². The molecule has 2 aromatic rings. The SMILES string of the molecule is O=C(O)C1CN(C(=O)c2c[nH]c(=O)[nH]2)c2ccccc21. The Morgan fingerprint density at radius 1 is 1.30 bits per heavy atom. The maximum atomic E-state index is 12.3. The molecule has 7 nitrogen and oxygen atoms in total. The molecule has 1 amide bonds. The summed E-state index contributed by atoms with van der Waals surface area (Å²) in [4.78, 5) is 40.8. The van der Waals surface area contributed by atoms with Crippen LogP contribution in [0.25, 0.3) is 0 Å². The predicted molar refractivity (Wildman–Crippen MR) is 69.9 cm³/mol. The highest BCUT2D eigenvalue weighted by Crippen LogP contribution is 2.36. The molecule has 0 spiro atoms. The minimum atomic E-state index is -0.977. The van der Waals surface area contributed by atoms with Crippen LogP contribution in [0.2, 0.25) is 0 Å². The number of rotatable bonds is 2. The fourth-order valence-corrected chi connectivity index (χ4v) is 2.40.